The summed E-state index contributed by atoms with van der Waals surface area (Å²) >= 11 is 0. The maximum absolute atomic E-state index is 6.41. The molecule has 0 aliphatic heterocycles. The molecule has 5 N–H and O–H groups in total. The number of nitrogens with zero attached hydrogens (tertiary/aromatic N) is 6. The number of ether oxygens (including phenoxy) is 1. The van der Waals surface area contributed by atoms with Gasteiger partial charge in [0.2, 0.25) is 0 Å². The molecule has 10 heteroatoms. The molecule has 0 unspecified atom stereocenters. The third-order valence-electron chi connectivity index (χ3n) is 5.19. The molecule has 1 aliphatic rings. The molecule has 2 aromatic rings. The highest BCUT2D eigenvalue weighted by molar-refractivity contribution is 5.64. The highest BCUT2D eigenvalue weighted by atomic mass is 16.5. The average Bonchev–Trinajstić information content (AvgIpc) is 3.18. The van der Waals surface area contributed by atoms with Crippen molar-refractivity contribution < 1.29 is 4.74 Å². The van der Waals surface area contributed by atoms with Crippen LogP contribution in [0.2, 0.25) is 0 Å². The molecule has 0 amide bonds. The molecule has 0 radical (unpaired) electrons. The van der Waals surface area contributed by atoms with Gasteiger partial charge in [-0.25, -0.2) is 10.8 Å². The van der Waals surface area contributed by atoms with Crippen LogP contribution in [0.3, 0.4) is 0 Å². The number of tetrazole rings is 1. The van der Waals surface area contributed by atoms with E-state index in [1.54, 1.807) is 11.8 Å². The van der Waals surface area contributed by atoms with E-state index in [-0.39, 0.29) is 6.10 Å². The van der Waals surface area contributed by atoms with Gasteiger partial charge < -0.3 is 20.8 Å². The van der Waals surface area contributed by atoms with Crippen molar-refractivity contribution in [1.29, 1.82) is 0 Å². The Morgan fingerprint density at radius 3 is 2.73 bits per heavy atom. The van der Waals surface area contributed by atoms with E-state index in [0.29, 0.717) is 29.6 Å². The molecular weight excluding hydrogens is 382 g/mol. The van der Waals surface area contributed by atoms with Gasteiger partial charge in [-0.3, -0.25) is 0 Å². The number of hydrogen-bond acceptors (Lipinski definition) is 9. The highest BCUT2D eigenvalue weighted by Gasteiger charge is 2.17. The summed E-state index contributed by atoms with van der Waals surface area (Å²) < 4.78 is 6.16. The van der Waals surface area contributed by atoms with Crippen LogP contribution in [-0.4, -0.2) is 49.9 Å². The van der Waals surface area contributed by atoms with Crippen LogP contribution in [0.25, 0.3) is 5.70 Å². The third kappa shape index (κ3) is 5.59. The minimum absolute atomic E-state index is 0.279. The highest BCUT2D eigenvalue weighted by Crippen LogP contribution is 2.26. The van der Waals surface area contributed by atoms with Crippen LogP contribution in [0, 0.1) is 6.92 Å². The number of rotatable bonds is 9. The topological polar surface area (TPSA) is 133 Å². The first-order chi connectivity index (χ1) is 14.5. The summed E-state index contributed by atoms with van der Waals surface area (Å²) in [5.41, 5.74) is 9.05. The normalized spacial score (nSPS) is 15.6. The van der Waals surface area contributed by atoms with E-state index in [2.05, 4.69) is 32.6 Å². The molecule has 30 heavy (non-hydrogen) atoms. The van der Waals surface area contributed by atoms with Crippen molar-refractivity contribution in [3.63, 3.8) is 0 Å². The lowest BCUT2D eigenvalue weighted by Crippen LogP contribution is -2.32. The minimum atomic E-state index is 0.279. The second-order valence-electron chi connectivity index (χ2n) is 7.69. The molecule has 3 rings (SSSR count). The van der Waals surface area contributed by atoms with Crippen molar-refractivity contribution in [3.8, 4) is 5.75 Å². The van der Waals surface area contributed by atoms with Crippen LogP contribution < -0.4 is 21.6 Å². The summed E-state index contributed by atoms with van der Waals surface area (Å²) in [4.78, 5) is 6.21. The maximum Gasteiger partial charge on any atom is 0.263 e. The smallest absolute Gasteiger partial charge is 0.263 e. The minimum Gasteiger partial charge on any atom is -0.489 e. The van der Waals surface area contributed by atoms with Crippen LogP contribution >= 0.6 is 0 Å². The predicted octanol–water partition coefficient (Wildman–Crippen LogP) is 2.04. The van der Waals surface area contributed by atoms with Crippen LogP contribution in [0.1, 0.15) is 56.8 Å². The van der Waals surface area contributed by atoms with E-state index in [1.165, 1.54) is 24.3 Å². The first-order valence-corrected chi connectivity index (χ1v) is 10.6. The van der Waals surface area contributed by atoms with Crippen LogP contribution in [0.4, 0.5) is 5.95 Å². The van der Waals surface area contributed by atoms with Crippen LogP contribution in [-0.2, 0) is 6.54 Å². The third-order valence-corrected chi connectivity index (χ3v) is 5.19. The van der Waals surface area contributed by atoms with E-state index in [0.717, 1.165) is 37.3 Å². The Kier molecular flexibility index (Phi) is 7.45. The molecule has 0 aromatic carbocycles. The SMILES string of the molecule is CCCn1nnc(NC/C(=C(/N)c2ccc(OC3CCCCC3)c(C)n2)N(C)N)n1. The molecule has 164 valence electrons. The van der Waals surface area contributed by atoms with E-state index >= 15 is 0 Å². The van der Waals surface area contributed by atoms with E-state index in [4.69, 9.17) is 16.3 Å². The van der Waals surface area contributed by atoms with E-state index in [1.807, 2.05) is 19.1 Å². The number of pyridine rings is 1. The van der Waals surface area contributed by atoms with Crippen molar-refractivity contribution >= 4 is 11.6 Å². The number of nitrogens with two attached hydrogens (primary N) is 2. The van der Waals surface area contributed by atoms with Crippen molar-refractivity contribution in [2.45, 2.75) is 65.0 Å². The lowest BCUT2D eigenvalue weighted by Gasteiger charge is -2.24. The van der Waals surface area contributed by atoms with Gasteiger partial charge in [0.05, 0.1) is 42.0 Å². The summed E-state index contributed by atoms with van der Waals surface area (Å²) in [5, 5.41) is 16.9. The first kappa shape index (κ1) is 21.8. The van der Waals surface area contributed by atoms with Gasteiger partial charge in [-0.2, -0.15) is 4.80 Å². The second kappa shape index (κ2) is 10.2. The Hall–Kier alpha value is -2.88. The van der Waals surface area contributed by atoms with Gasteiger partial charge in [0.25, 0.3) is 5.95 Å². The zero-order chi connectivity index (χ0) is 21.5. The number of likely N-dealkylation sites (N-methyl/N-ethyl adjacent to an activating group) is 1. The van der Waals surface area contributed by atoms with Gasteiger partial charge in [0.15, 0.2) is 0 Å². The molecule has 0 spiro atoms. The molecule has 1 fully saturated rings. The fourth-order valence-electron chi connectivity index (χ4n) is 3.51. The lowest BCUT2D eigenvalue weighted by molar-refractivity contribution is 0.153. The Balaban J connectivity index is 1.72. The Morgan fingerprint density at radius 1 is 1.30 bits per heavy atom. The number of aryl methyl sites for hydroxylation is 2. The van der Waals surface area contributed by atoms with Gasteiger partial charge in [0, 0.05) is 7.05 Å². The van der Waals surface area contributed by atoms with Crippen LogP contribution in [0.15, 0.2) is 17.8 Å². The quantitative estimate of drug-likeness (QED) is 0.415. The largest absolute Gasteiger partial charge is 0.489 e. The van der Waals surface area contributed by atoms with Gasteiger partial charge in [-0.05, 0) is 56.4 Å². The zero-order valence-corrected chi connectivity index (χ0v) is 18.1. The van der Waals surface area contributed by atoms with Gasteiger partial charge >= 0.3 is 0 Å². The molecule has 2 aromatic heterocycles. The zero-order valence-electron chi connectivity index (χ0n) is 18.1. The fraction of sp³-hybridized carbons (Fsp3) is 0.600. The molecule has 0 atom stereocenters. The Bertz CT molecular complexity index is 856. The van der Waals surface area contributed by atoms with E-state index < -0.39 is 0 Å². The molecule has 0 bridgehead atoms. The second-order valence-corrected chi connectivity index (χ2v) is 7.69. The Labute approximate surface area is 177 Å². The van der Waals surface area contributed by atoms with Gasteiger partial charge in [0.1, 0.15) is 5.75 Å². The molecule has 1 saturated carbocycles. The predicted molar refractivity (Wildman–Crippen MR) is 116 cm³/mol. The molecule has 1 aliphatic carbocycles. The molecule has 2 heterocycles. The summed E-state index contributed by atoms with van der Waals surface area (Å²) in [6, 6.07) is 3.82. The van der Waals surface area contributed by atoms with Crippen molar-refractivity contribution in [2.24, 2.45) is 11.6 Å². The standard InChI is InChI=1S/C20H33N9O/c1-4-12-29-26-20(25-27-29)23-13-17(28(3)22)19(21)16-10-11-18(14(2)24-16)30-15-8-6-5-7-9-15/h10-11,15H,4-9,12-13,21-22H2,1-3H3,(H,23,26)/b19-17-. The van der Waals surface area contributed by atoms with Crippen LogP contribution in [0.5, 0.6) is 5.75 Å². The number of nitrogens with one attached hydrogen (secondary N) is 1. The lowest BCUT2D eigenvalue weighted by atomic mass is 9.98. The molecular formula is C20H33N9O. The van der Waals surface area contributed by atoms with Crippen molar-refractivity contribution in [3.05, 3.63) is 29.2 Å². The maximum atomic E-state index is 6.41. The van der Waals surface area contributed by atoms with Gasteiger partial charge in [-0.1, -0.05) is 18.4 Å². The Morgan fingerprint density at radius 2 is 2.07 bits per heavy atom. The number of hydrogen-bond donors (Lipinski definition) is 3. The number of hydrazine groups is 1. The summed E-state index contributed by atoms with van der Waals surface area (Å²) in [7, 11) is 1.73. The summed E-state index contributed by atoms with van der Waals surface area (Å²) in [6.07, 6.45) is 7.18. The number of anilines is 1. The van der Waals surface area contributed by atoms with Crippen molar-refractivity contribution in [2.75, 3.05) is 18.9 Å². The van der Waals surface area contributed by atoms with Crippen molar-refractivity contribution in [1.82, 2.24) is 30.2 Å². The first-order valence-electron chi connectivity index (χ1n) is 10.6. The number of aromatic nitrogens is 5. The molecule has 10 nitrogen and oxygen atoms in total. The van der Waals surface area contributed by atoms with E-state index in [9.17, 15) is 0 Å². The summed E-state index contributed by atoms with van der Waals surface area (Å²) in [5.74, 6) is 7.27. The molecule has 0 saturated heterocycles. The summed E-state index contributed by atoms with van der Waals surface area (Å²) in [6.45, 7) is 5.06. The van der Waals surface area contributed by atoms with Gasteiger partial charge in [-0.15, -0.1) is 5.10 Å². The monoisotopic (exact) mass is 415 g/mol. The average molecular weight is 416 g/mol. The fourth-order valence-corrected chi connectivity index (χ4v) is 3.51.